The number of aromatic amines is 1. The van der Waals surface area contributed by atoms with Gasteiger partial charge in [0.25, 0.3) is 0 Å². The second-order valence-corrected chi connectivity index (χ2v) is 3.79. The SMILES string of the molecule is [S]c1cccc2[nH]c3ccccc3c12. The van der Waals surface area contributed by atoms with Crippen molar-refractivity contribution >= 4 is 34.4 Å². The summed E-state index contributed by atoms with van der Waals surface area (Å²) in [5, 5.41) is 2.38. The third kappa shape index (κ3) is 0.946. The zero-order valence-corrected chi connectivity index (χ0v) is 8.27. The average Bonchev–Trinajstić information content (AvgIpc) is 2.57. The van der Waals surface area contributed by atoms with E-state index in [4.69, 9.17) is 12.6 Å². The molecule has 0 unspecified atom stereocenters. The first-order valence-corrected chi connectivity index (χ1v) is 4.93. The van der Waals surface area contributed by atoms with Crippen LogP contribution in [0.4, 0.5) is 0 Å². The molecule has 1 radical (unpaired) electrons. The number of para-hydroxylation sites is 1. The van der Waals surface area contributed by atoms with Crippen molar-refractivity contribution in [3.8, 4) is 0 Å². The van der Waals surface area contributed by atoms with Gasteiger partial charge < -0.3 is 4.98 Å². The van der Waals surface area contributed by atoms with Gasteiger partial charge in [0, 0.05) is 26.7 Å². The Morgan fingerprint density at radius 2 is 1.64 bits per heavy atom. The fourth-order valence-electron chi connectivity index (χ4n) is 1.87. The Balaban J connectivity index is 2.65. The minimum absolute atomic E-state index is 0.917. The fraction of sp³-hybridized carbons (Fsp3) is 0. The summed E-state index contributed by atoms with van der Waals surface area (Å²) >= 11 is 5.31. The molecule has 0 aliphatic rings. The minimum atomic E-state index is 0.917. The molecule has 0 spiro atoms. The number of H-pyrrole nitrogens is 1. The Kier molecular flexibility index (Phi) is 1.52. The summed E-state index contributed by atoms with van der Waals surface area (Å²) in [6, 6.07) is 14.3. The number of fused-ring (bicyclic) bond motifs is 3. The molecule has 0 atom stereocenters. The topological polar surface area (TPSA) is 15.8 Å². The monoisotopic (exact) mass is 198 g/mol. The van der Waals surface area contributed by atoms with E-state index in [1.165, 1.54) is 5.39 Å². The molecule has 0 amide bonds. The van der Waals surface area contributed by atoms with E-state index >= 15 is 0 Å². The molecule has 3 rings (SSSR count). The molecule has 1 aromatic heterocycles. The van der Waals surface area contributed by atoms with Gasteiger partial charge >= 0.3 is 0 Å². The predicted octanol–water partition coefficient (Wildman–Crippen LogP) is 3.88. The highest BCUT2D eigenvalue weighted by Crippen LogP contribution is 2.29. The molecular formula is C12H8NS. The number of hydrogen-bond donors (Lipinski definition) is 1. The van der Waals surface area contributed by atoms with Crippen LogP contribution < -0.4 is 0 Å². The van der Waals surface area contributed by atoms with E-state index in [0.29, 0.717) is 0 Å². The van der Waals surface area contributed by atoms with Crippen LogP contribution >= 0.6 is 12.6 Å². The van der Waals surface area contributed by atoms with E-state index in [1.807, 2.05) is 24.3 Å². The first-order chi connectivity index (χ1) is 6.86. The zero-order chi connectivity index (χ0) is 9.54. The zero-order valence-electron chi connectivity index (χ0n) is 7.45. The van der Waals surface area contributed by atoms with E-state index in [0.717, 1.165) is 21.3 Å². The van der Waals surface area contributed by atoms with Crippen molar-refractivity contribution in [2.75, 3.05) is 0 Å². The summed E-state index contributed by atoms with van der Waals surface area (Å²) in [5.74, 6) is 0. The largest absolute Gasteiger partial charge is 0.354 e. The van der Waals surface area contributed by atoms with E-state index < -0.39 is 0 Å². The lowest BCUT2D eigenvalue weighted by Gasteiger charge is -1.93. The molecule has 0 aliphatic carbocycles. The van der Waals surface area contributed by atoms with Crippen molar-refractivity contribution in [3.05, 3.63) is 42.5 Å². The van der Waals surface area contributed by atoms with Gasteiger partial charge in [-0.1, -0.05) is 36.9 Å². The smallest absolute Gasteiger partial charge is 0.0479 e. The number of benzene rings is 2. The molecule has 2 aromatic carbocycles. The van der Waals surface area contributed by atoms with Gasteiger partial charge in [-0.25, -0.2) is 0 Å². The molecule has 0 fully saturated rings. The van der Waals surface area contributed by atoms with Gasteiger partial charge in [-0.05, 0) is 18.2 Å². The van der Waals surface area contributed by atoms with Gasteiger partial charge in [0.1, 0.15) is 0 Å². The van der Waals surface area contributed by atoms with Crippen LogP contribution in [0.1, 0.15) is 0 Å². The van der Waals surface area contributed by atoms with Gasteiger partial charge in [0.15, 0.2) is 0 Å². The van der Waals surface area contributed by atoms with Crippen LogP contribution in [0.25, 0.3) is 21.8 Å². The minimum Gasteiger partial charge on any atom is -0.354 e. The molecule has 2 heteroatoms. The lowest BCUT2D eigenvalue weighted by molar-refractivity contribution is 1.52. The van der Waals surface area contributed by atoms with Gasteiger partial charge in [0.05, 0.1) is 0 Å². The highest BCUT2D eigenvalue weighted by atomic mass is 32.1. The van der Waals surface area contributed by atoms with Gasteiger partial charge in [-0.3, -0.25) is 0 Å². The quantitative estimate of drug-likeness (QED) is 0.564. The van der Waals surface area contributed by atoms with Crippen LogP contribution in [-0.4, -0.2) is 4.98 Å². The Morgan fingerprint density at radius 3 is 2.57 bits per heavy atom. The first kappa shape index (κ1) is 7.83. The highest BCUT2D eigenvalue weighted by Gasteiger charge is 2.05. The third-order valence-electron chi connectivity index (χ3n) is 2.49. The van der Waals surface area contributed by atoms with Gasteiger partial charge in [-0.15, -0.1) is 0 Å². The highest BCUT2D eigenvalue weighted by molar-refractivity contribution is 7.80. The van der Waals surface area contributed by atoms with Gasteiger partial charge in [-0.2, -0.15) is 0 Å². The molecular weight excluding hydrogens is 190 g/mol. The molecule has 0 bridgehead atoms. The predicted molar refractivity (Wildman–Crippen MR) is 61.7 cm³/mol. The second-order valence-electron chi connectivity index (χ2n) is 3.35. The molecule has 0 saturated heterocycles. The van der Waals surface area contributed by atoms with Crippen LogP contribution in [-0.2, 0) is 0 Å². The normalized spacial score (nSPS) is 11.1. The lowest BCUT2D eigenvalue weighted by Crippen LogP contribution is -1.68. The second kappa shape index (κ2) is 2.72. The van der Waals surface area contributed by atoms with Crippen LogP contribution in [0.2, 0.25) is 0 Å². The summed E-state index contributed by atoms with van der Waals surface area (Å²) in [6.45, 7) is 0. The number of hydrogen-bond acceptors (Lipinski definition) is 0. The molecule has 1 heterocycles. The molecule has 0 aliphatic heterocycles. The number of nitrogens with one attached hydrogen (secondary N) is 1. The summed E-state index contributed by atoms with van der Waals surface area (Å²) in [7, 11) is 0. The Bertz CT molecular complexity index is 610. The van der Waals surface area contributed by atoms with Crippen molar-refractivity contribution < 1.29 is 0 Å². The maximum atomic E-state index is 5.31. The van der Waals surface area contributed by atoms with E-state index in [2.05, 4.69) is 23.2 Å². The van der Waals surface area contributed by atoms with Crippen LogP contribution in [0.5, 0.6) is 0 Å². The third-order valence-corrected chi connectivity index (χ3v) is 2.83. The van der Waals surface area contributed by atoms with Crippen LogP contribution in [0.3, 0.4) is 0 Å². The average molecular weight is 198 g/mol. The van der Waals surface area contributed by atoms with E-state index in [1.54, 1.807) is 0 Å². The van der Waals surface area contributed by atoms with Crippen LogP contribution in [0.15, 0.2) is 47.4 Å². The number of rotatable bonds is 0. The molecule has 1 N–H and O–H groups in total. The molecule has 3 aromatic rings. The van der Waals surface area contributed by atoms with Crippen molar-refractivity contribution in [2.45, 2.75) is 4.90 Å². The Hall–Kier alpha value is -1.54. The van der Waals surface area contributed by atoms with Gasteiger partial charge in [0.2, 0.25) is 0 Å². The summed E-state index contributed by atoms with van der Waals surface area (Å²) in [4.78, 5) is 4.27. The molecule has 0 saturated carbocycles. The van der Waals surface area contributed by atoms with Crippen molar-refractivity contribution in [3.63, 3.8) is 0 Å². The summed E-state index contributed by atoms with van der Waals surface area (Å²) < 4.78 is 0. The van der Waals surface area contributed by atoms with Crippen molar-refractivity contribution in [1.29, 1.82) is 0 Å². The Labute approximate surface area is 87.2 Å². The molecule has 14 heavy (non-hydrogen) atoms. The van der Waals surface area contributed by atoms with E-state index in [9.17, 15) is 0 Å². The summed E-state index contributed by atoms with van der Waals surface area (Å²) in [6.07, 6.45) is 0. The van der Waals surface area contributed by atoms with E-state index in [-0.39, 0.29) is 0 Å². The van der Waals surface area contributed by atoms with Crippen molar-refractivity contribution in [1.82, 2.24) is 4.98 Å². The van der Waals surface area contributed by atoms with Crippen LogP contribution in [0, 0.1) is 0 Å². The summed E-state index contributed by atoms with van der Waals surface area (Å²) in [5.41, 5.74) is 2.28. The fourth-order valence-corrected chi connectivity index (χ4v) is 2.17. The maximum Gasteiger partial charge on any atom is 0.0479 e. The first-order valence-electron chi connectivity index (χ1n) is 4.53. The molecule has 1 nitrogen and oxygen atoms in total. The molecule has 67 valence electrons. The maximum absolute atomic E-state index is 5.31. The van der Waals surface area contributed by atoms with Crippen molar-refractivity contribution in [2.24, 2.45) is 0 Å². The lowest BCUT2D eigenvalue weighted by atomic mass is 10.1. The standard InChI is InChI=1S/C12H8NS/c14-11-7-3-6-10-12(11)8-4-1-2-5-9(8)13-10/h1-7,13H. The number of aromatic nitrogens is 1. The Morgan fingerprint density at radius 1 is 0.857 bits per heavy atom.